The van der Waals surface area contributed by atoms with Gasteiger partial charge in [0, 0.05) is 50.4 Å². The Morgan fingerprint density at radius 2 is 2.03 bits per heavy atom. The number of halogens is 1. The van der Waals surface area contributed by atoms with Crippen molar-refractivity contribution in [1.82, 2.24) is 20.4 Å². The second-order valence-electron chi connectivity index (χ2n) is 8.19. The van der Waals surface area contributed by atoms with Gasteiger partial charge in [-0.15, -0.1) is 24.0 Å². The fourth-order valence-electron chi connectivity index (χ4n) is 3.99. The molecule has 2 atom stereocenters. The topological polar surface area (TPSA) is 69.2 Å². The molecule has 0 radical (unpaired) electrons. The van der Waals surface area contributed by atoms with Gasteiger partial charge in [-0.3, -0.25) is 9.69 Å². The molecule has 0 aliphatic carbocycles. The third kappa shape index (κ3) is 7.61. The highest BCUT2D eigenvalue weighted by Crippen LogP contribution is 2.17. The number of guanidine groups is 1. The lowest BCUT2D eigenvalue weighted by atomic mass is 10.1. The Labute approximate surface area is 204 Å². The van der Waals surface area contributed by atoms with Crippen molar-refractivity contribution in [2.75, 3.05) is 45.9 Å². The molecule has 8 heteroatoms. The van der Waals surface area contributed by atoms with Crippen molar-refractivity contribution in [2.24, 2.45) is 4.99 Å². The van der Waals surface area contributed by atoms with Crippen LogP contribution >= 0.6 is 24.0 Å². The van der Waals surface area contributed by atoms with Gasteiger partial charge in [0.1, 0.15) is 0 Å². The van der Waals surface area contributed by atoms with Crippen molar-refractivity contribution < 1.29 is 9.53 Å². The van der Waals surface area contributed by atoms with Crippen LogP contribution in [0.3, 0.4) is 0 Å². The van der Waals surface area contributed by atoms with E-state index in [-0.39, 0.29) is 35.9 Å². The lowest BCUT2D eigenvalue weighted by Crippen LogP contribution is -2.46. The lowest BCUT2D eigenvalue weighted by Gasteiger charge is -2.32. The van der Waals surface area contributed by atoms with Crippen molar-refractivity contribution in [3.8, 4) is 0 Å². The van der Waals surface area contributed by atoms with Crippen LogP contribution in [0.4, 0.5) is 0 Å². The van der Waals surface area contributed by atoms with Crippen LogP contribution in [0.1, 0.15) is 49.5 Å². The van der Waals surface area contributed by atoms with Crippen molar-refractivity contribution in [1.29, 1.82) is 0 Å². The Morgan fingerprint density at radius 3 is 2.74 bits per heavy atom. The van der Waals surface area contributed by atoms with Crippen LogP contribution < -0.4 is 10.6 Å². The average Bonchev–Trinajstić information content (AvgIpc) is 3.27. The number of likely N-dealkylation sites (tertiary alicyclic amines) is 1. The second kappa shape index (κ2) is 13.2. The van der Waals surface area contributed by atoms with Gasteiger partial charge in [0.15, 0.2) is 5.96 Å². The molecule has 1 aromatic rings. The van der Waals surface area contributed by atoms with E-state index in [2.05, 4.69) is 34.3 Å². The van der Waals surface area contributed by atoms with Crippen molar-refractivity contribution in [3.63, 3.8) is 0 Å². The summed E-state index contributed by atoms with van der Waals surface area (Å²) in [7, 11) is 0. The summed E-state index contributed by atoms with van der Waals surface area (Å²) in [4.78, 5) is 22.2. The SMILES string of the molecule is CCNC(=NCc1cccc(C(=O)NC(C)CC)c1)N1CCC(N2CCOCC2)C1.I. The van der Waals surface area contributed by atoms with Crippen LogP contribution in [0, 0.1) is 0 Å². The fraction of sp³-hybridized carbons (Fsp3) is 0.652. The van der Waals surface area contributed by atoms with E-state index in [1.165, 1.54) is 0 Å². The quantitative estimate of drug-likeness (QED) is 0.315. The molecule has 2 unspecified atom stereocenters. The van der Waals surface area contributed by atoms with Crippen LogP contribution in [0.25, 0.3) is 0 Å². The maximum Gasteiger partial charge on any atom is 0.251 e. The standard InChI is InChI=1S/C23H37N5O2.HI/c1-4-18(3)26-22(29)20-8-6-7-19(15-20)16-25-23(24-5-2)28-10-9-21(17-28)27-11-13-30-14-12-27;/h6-8,15,18,21H,4-5,9-14,16-17H2,1-3H3,(H,24,25)(H,26,29);1H. The monoisotopic (exact) mass is 543 g/mol. The molecule has 1 aromatic carbocycles. The number of benzene rings is 1. The number of rotatable bonds is 7. The van der Waals surface area contributed by atoms with Crippen LogP contribution in [0.2, 0.25) is 0 Å². The van der Waals surface area contributed by atoms with Crippen molar-refractivity contribution >= 4 is 35.8 Å². The third-order valence-electron chi connectivity index (χ3n) is 5.95. The molecule has 174 valence electrons. The lowest BCUT2D eigenvalue weighted by molar-refractivity contribution is 0.0195. The first-order valence-electron chi connectivity index (χ1n) is 11.4. The summed E-state index contributed by atoms with van der Waals surface area (Å²) in [5.41, 5.74) is 1.74. The smallest absolute Gasteiger partial charge is 0.251 e. The first-order valence-corrected chi connectivity index (χ1v) is 11.4. The zero-order valence-corrected chi connectivity index (χ0v) is 21.4. The summed E-state index contributed by atoms with van der Waals surface area (Å²) < 4.78 is 5.49. The molecule has 2 aliphatic heterocycles. The number of nitrogens with zero attached hydrogens (tertiary/aromatic N) is 3. The zero-order chi connectivity index (χ0) is 21.3. The molecule has 2 heterocycles. The van der Waals surface area contributed by atoms with E-state index in [4.69, 9.17) is 9.73 Å². The van der Waals surface area contributed by atoms with E-state index in [9.17, 15) is 4.79 Å². The number of amides is 1. The first kappa shape index (κ1) is 25.9. The van der Waals surface area contributed by atoms with E-state index in [1.54, 1.807) is 0 Å². The van der Waals surface area contributed by atoms with Gasteiger partial charge in [-0.1, -0.05) is 19.1 Å². The maximum absolute atomic E-state index is 12.4. The molecule has 7 nitrogen and oxygen atoms in total. The van der Waals surface area contributed by atoms with E-state index < -0.39 is 0 Å². The van der Waals surface area contributed by atoms with Gasteiger partial charge in [-0.05, 0) is 44.4 Å². The van der Waals surface area contributed by atoms with Gasteiger partial charge in [0.2, 0.25) is 0 Å². The zero-order valence-electron chi connectivity index (χ0n) is 19.1. The number of hydrogen-bond donors (Lipinski definition) is 2. The highest BCUT2D eigenvalue weighted by molar-refractivity contribution is 14.0. The highest BCUT2D eigenvalue weighted by Gasteiger charge is 2.30. The summed E-state index contributed by atoms with van der Waals surface area (Å²) in [5, 5.41) is 6.47. The molecule has 2 aliphatic rings. The number of carbonyl (C=O) groups excluding carboxylic acids is 1. The molecule has 0 saturated carbocycles. The normalized spacial score (nSPS) is 20.8. The Bertz CT molecular complexity index is 724. The minimum absolute atomic E-state index is 0. The Hall–Kier alpha value is -1.39. The number of morpholine rings is 1. The second-order valence-corrected chi connectivity index (χ2v) is 8.19. The van der Waals surface area contributed by atoms with E-state index in [0.717, 1.165) is 70.3 Å². The predicted molar refractivity (Wildman–Crippen MR) is 136 cm³/mol. The molecular formula is C23H38IN5O2. The predicted octanol–water partition coefficient (Wildman–Crippen LogP) is 2.70. The van der Waals surface area contributed by atoms with Crippen LogP contribution in [0.15, 0.2) is 29.3 Å². The molecule has 1 amide bonds. The number of aliphatic imine (C=N–C) groups is 1. The van der Waals surface area contributed by atoms with E-state index in [0.29, 0.717) is 18.2 Å². The molecule has 0 aromatic heterocycles. The highest BCUT2D eigenvalue weighted by atomic mass is 127. The molecule has 0 spiro atoms. The molecule has 31 heavy (non-hydrogen) atoms. The summed E-state index contributed by atoms with van der Waals surface area (Å²) in [6, 6.07) is 8.54. The maximum atomic E-state index is 12.4. The first-order chi connectivity index (χ1) is 14.6. The number of hydrogen-bond acceptors (Lipinski definition) is 4. The van der Waals surface area contributed by atoms with Gasteiger partial charge in [0.25, 0.3) is 5.91 Å². The van der Waals surface area contributed by atoms with Crippen molar-refractivity contribution in [2.45, 2.75) is 52.2 Å². The Morgan fingerprint density at radius 1 is 1.26 bits per heavy atom. The van der Waals surface area contributed by atoms with Gasteiger partial charge >= 0.3 is 0 Å². The third-order valence-corrected chi connectivity index (χ3v) is 5.95. The summed E-state index contributed by atoms with van der Waals surface area (Å²) >= 11 is 0. The number of nitrogens with one attached hydrogen (secondary N) is 2. The van der Waals surface area contributed by atoms with Gasteiger partial charge in [-0.25, -0.2) is 4.99 Å². The Balaban J connectivity index is 0.00000341. The fourth-order valence-corrected chi connectivity index (χ4v) is 3.99. The van der Waals surface area contributed by atoms with Gasteiger partial charge in [-0.2, -0.15) is 0 Å². The largest absolute Gasteiger partial charge is 0.379 e. The molecule has 2 saturated heterocycles. The minimum atomic E-state index is -0.0185. The van der Waals surface area contributed by atoms with Crippen LogP contribution in [0.5, 0.6) is 0 Å². The summed E-state index contributed by atoms with van der Waals surface area (Å²) in [6.07, 6.45) is 2.08. The van der Waals surface area contributed by atoms with Crippen LogP contribution in [-0.4, -0.2) is 79.7 Å². The van der Waals surface area contributed by atoms with E-state index in [1.807, 2.05) is 31.2 Å². The molecule has 3 rings (SSSR count). The number of ether oxygens (including phenoxy) is 1. The molecule has 2 fully saturated rings. The molecule has 0 bridgehead atoms. The van der Waals surface area contributed by atoms with E-state index >= 15 is 0 Å². The van der Waals surface area contributed by atoms with Crippen LogP contribution in [-0.2, 0) is 11.3 Å². The van der Waals surface area contributed by atoms with Gasteiger partial charge < -0.3 is 20.3 Å². The molecule has 2 N–H and O–H groups in total. The number of carbonyl (C=O) groups is 1. The summed E-state index contributed by atoms with van der Waals surface area (Å²) in [6.45, 7) is 13.3. The minimum Gasteiger partial charge on any atom is -0.379 e. The molecular weight excluding hydrogens is 505 g/mol. The summed E-state index contributed by atoms with van der Waals surface area (Å²) in [5.74, 6) is 0.942. The van der Waals surface area contributed by atoms with Gasteiger partial charge in [0.05, 0.1) is 19.8 Å². The Kier molecular flexibility index (Phi) is 11.0. The average molecular weight is 543 g/mol. The van der Waals surface area contributed by atoms with Crippen molar-refractivity contribution in [3.05, 3.63) is 35.4 Å².